The summed E-state index contributed by atoms with van der Waals surface area (Å²) in [5.74, 6) is 4.52. The van der Waals surface area contributed by atoms with Gasteiger partial charge in [-0.3, -0.25) is 0 Å². The van der Waals surface area contributed by atoms with E-state index >= 15 is 0 Å². The molecular formula is C14H13NO2. The molecule has 1 aromatic rings. The molecule has 3 nitrogen and oxygen atoms in total. The van der Waals surface area contributed by atoms with Crippen LogP contribution in [0, 0.1) is 11.8 Å². The minimum absolute atomic E-state index is 0.0190. The second-order valence-corrected chi connectivity index (χ2v) is 3.32. The smallest absolute Gasteiger partial charge is 0.336 e. The molecule has 3 heteroatoms. The molecule has 0 saturated heterocycles. The third-order valence-electron chi connectivity index (χ3n) is 2.16. The summed E-state index contributed by atoms with van der Waals surface area (Å²) in [7, 11) is 0. The number of hydrogen-bond acceptors (Lipinski definition) is 2. The molecule has 0 atom stereocenters. The maximum atomic E-state index is 10.7. The lowest BCUT2D eigenvalue weighted by molar-refractivity contribution is -0.132. The highest BCUT2D eigenvalue weighted by atomic mass is 16.4. The third-order valence-corrected chi connectivity index (χ3v) is 2.16. The molecule has 0 spiro atoms. The summed E-state index contributed by atoms with van der Waals surface area (Å²) in [5.41, 5.74) is 7.33. The first-order valence-electron chi connectivity index (χ1n) is 5.01. The summed E-state index contributed by atoms with van der Waals surface area (Å²) in [6.07, 6.45) is 1.61. The fourth-order valence-corrected chi connectivity index (χ4v) is 1.18. The largest absolute Gasteiger partial charge is 0.478 e. The van der Waals surface area contributed by atoms with Crippen LogP contribution in [0.1, 0.15) is 12.5 Å². The van der Waals surface area contributed by atoms with Crippen molar-refractivity contribution in [1.82, 2.24) is 0 Å². The van der Waals surface area contributed by atoms with E-state index in [0.29, 0.717) is 16.8 Å². The van der Waals surface area contributed by atoms with Crippen molar-refractivity contribution in [1.29, 1.82) is 0 Å². The molecular weight excluding hydrogens is 214 g/mol. The quantitative estimate of drug-likeness (QED) is 0.352. The number of nitrogen functional groups attached to an aromatic ring is 1. The van der Waals surface area contributed by atoms with Gasteiger partial charge in [0.25, 0.3) is 0 Å². The maximum absolute atomic E-state index is 10.7. The minimum Gasteiger partial charge on any atom is -0.478 e. The van der Waals surface area contributed by atoms with E-state index in [2.05, 4.69) is 18.4 Å². The Bertz CT molecular complexity index is 545. The van der Waals surface area contributed by atoms with E-state index in [1.165, 1.54) is 0 Å². The first-order valence-corrected chi connectivity index (χ1v) is 5.01. The number of carboxylic acid groups (broad SMARTS) is 1. The van der Waals surface area contributed by atoms with Crippen molar-refractivity contribution in [2.75, 3.05) is 5.73 Å². The molecule has 0 radical (unpaired) electrons. The van der Waals surface area contributed by atoms with Crippen LogP contribution in [0.25, 0.3) is 0 Å². The minimum atomic E-state index is -1.08. The Morgan fingerprint density at radius 2 is 2.12 bits per heavy atom. The Labute approximate surface area is 100 Å². The number of anilines is 1. The van der Waals surface area contributed by atoms with Crippen molar-refractivity contribution >= 4 is 11.7 Å². The van der Waals surface area contributed by atoms with E-state index in [0.717, 1.165) is 0 Å². The fraction of sp³-hybridized carbons (Fsp3) is 0.0714. The number of aliphatic carboxylic acids is 1. The van der Waals surface area contributed by atoms with Crippen molar-refractivity contribution in [3.8, 4) is 11.8 Å². The van der Waals surface area contributed by atoms with Crippen molar-refractivity contribution in [2.45, 2.75) is 6.92 Å². The lowest BCUT2D eigenvalue weighted by atomic mass is 10.1. The summed E-state index contributed by atoms with van der Waals surface area (Å²) >= 11 is 0. The second kappa shape index (κ2) is 5.57. The van der Waals surface area contributed by atoms with Gasteiger partial charge in [-0.05, 0) is 19.1 Å². The molecule has 0 amide bonds. The Morgan fingerprint density at radius 1 is 1.47 bits per heavy atom. The number of carbonyl (C=O) groups is 1. The van der Waals surface area contributed by atoms with Gasteiger partial charge in [-0.25, -0.2) is 4.79 Å². The van der Waals surface area contributed by atoms with Gasteiger partial charge in [0, 0.05) is 16.8 Å². The Kier molecular flexibility index (Phi) is 4.13. The van der Waals surface area contributed by atoms with Crippen LogP contribution in [0.2, 0.25) is 0 Å². The van der Waals surface area contributed by atoms with E-state index in [4.69, 9.17) is 10.8 Å². The van der Waals surface area contributed by atoms with Crippen LogP contribution < -0.4 is 5.73 Å². The standard InChI is InChI=1S/C14H13NO2/c1-3-11(10(2)14(16)17)8-9-12-6-4-5-7-13(12)15/h3-7H,2,15H2,1H3,(H,16,17)/b11-3-. The number of carboxylic acids is 1. The molecule has 0 saturated carbocycles. The summed E-state index contributed by atoms with van der Waals surface area (Å²) in [5, 5.41) is 8.80. The number of rotatable bonds is 2. The number of nitrogens with two attached hydrogens (primary N) is 1. The van der Waals surface area contributed by atoms with Crippen molar-refractivity contribution < 1.29 is 9.90 Å². The van der Waals surface area contributed by atoms with Gasteiger partial charge in [0.15, 0.2) is 0 Å². The molecule has 0 unspecified atom stereocenters. The molecule has 86 valence electrons. The van der Waals surface area contributed by atoms with Crippen molar-refractivity contribution in [2.24, 2.45) is 0 Å². The predicted octanol–water partition coefficient (Wildman–Crippen LogP) is 2.21. The molecule has 0 fully saturated rings. The lowest BCUT2D eigenvalue weighted by Crippen LogP contribution is -2.00. The second-order valence-electron chi connectivity index (χ2n) is 3.32. The van der Waals surface area contributed by atoms with E-state index in [-0.39, 0.29) is 5.57 Å². The van der Waals surface area contributed by atoms with Gasteiger partial charge in [0.1, 0.15) is 0 Å². The van der Waals surface area contributed by atoms with Crippen LogP contribution in [-0.4, -0.2) is 11.1 Å². The van der Waals surface area contributed by atoms with Gasteiger partial charge in [0.2, 0.25) is 0 Å². The zero-order valence-corrected chi connectivity index (χ0v) is 9.53. The topological polar surface area (TPSA) is 63.3 Å². The molecule has 0 aliphatic heterocycles. The van der Waals surface area contributed by atoms with Crippen LogP contribution in [0.15, 0.2) is 48.1 Å². The van der Waals surface area contributed by atoms with E-state index < -0.39 is 5.97 Å². The van der Waals surface area contributed by atoms with Gasteiger partial charge in [-0.2, -0.15) is 0 Å². The van der Waals surface area contributed by atoms with Crippen LogP contribution in [0.4, 0.5) is 5.69 Å². The molecule has 17 heavy (non-hydrogen) atoms. The maximum Gasteiger partial charge on any atom is 0.336 e. The molecule has 3 N–H and O–H groups in total. The average molecular weight is 227 g/mol. The van der Waals surface area contributed by atoms with E-state index in [9.17, 15) is 4.79 Å². The van der Waals surface area contributed by atoms with E-state index in [1.807, 2.05) is 12.1 Å². The molecule has 0 aliphatic carbocycles. The highest BCUT2D eigenvalue weighted by Gasteiger charge is 2.06. The molecule has 1 aromatic carbocycles. The normalized spacial score (nSPS) is 10.3. The Balaban J connectivity index is 3.03. The Morgan fingerprint density at radius 3 is 2.65 bits per heavy atom. The first kappa shape index (κ1) is 12.6. The molecule has 0 bridgehead atoms. The Hall–Kier alpha value is -2.47. The SMILES string of the molecule is C=C(C(=O)O)/C(C#Cc1ccccc1N)=C\C. The number of hydrogen-bond donors (Lipinski definition) is 2. The summed E-state index contributed by atoms with van der Waals surface area (Å²) in [4.78, 5) is 10.7. The first-order chi connectivity index (χ1) is 8.06. The highest BCUT2D eigenvalue weighted by molar-refractivity contribution is 5.92. The van der Waals surface area contributed by atoms with Crippen molar-refractivity contribution in [3.63, 3.8) is 0 Å². The monoisotopic (exact) mass is 227 g/mol. The summed E-state index contributed by atoms with van der Waals surface area (Å²) in [6.45, 7) is 5.17. The highest BCUT2D eigenvalue weighted by Crippen LogP contribution is 2.10. The van der Waals surface area contributed by atoms with Crippen LogP contribution >= 0.6 is 0 Å². The molecule has 0 heterocycles. The van der Waals surface area contributed by atoms with Crippen LogP contribution in [-0.2, 0) is 4.79 Å². The van der Waals surface area contributed by atoms with Gasteiger partial charge in [-0.15, -0.1) is 0 Å². The van der Waals surface area contributed by atoms with Gasteiger partial charge in [0.05, 0.1) is 5.57 Å². The zero-order chi connectivity index (χ0) is 12.8. The number of para-hydroxylation sites is 1. The van der Waals surface area contributed by atoms with E-state index in [1.54, 1.807) is 25.1 Å². The summed E-state index contributed by atoms with van der Waals surface area (Å²) < 4.78 is 0. The number of benzene rings is 1. The molecule has 0 aromatic heterocycles. The van der Waals surface area contributed by atoms with Gasteiger partial charge < -0.3 is 10.8 Å². The fourth-order valence-electron chi connectivity index (χ4n) is 1.18. The van der Waals surface area contributed by atoms with Gasteiger partial charge >= 0.3 is 5.97 Å². The molecule has 1 rings (SSSR count). The lowest BCUT2D eigenvalue weighted by Gasteiger charge is -1.98. The van der Waals surface area contributed by atoms with Crippen molar-refractivity contribution in [3.05, 3.63) is 53.6 Å². The number of allylic oxidation sites excluding steroid dienone is 1. The zero-order valence-electron chi connectivity index (χ0n) is 9.53. The average Bonchev–Trinajstić information content (AvgIpc) is 2.31. The predicted molar refractivity (Wildman–Crippen MR) is 68.3 cm³/mol. The van der Waals surface area contributed by atoms with Crippen LogP contribution in [0.5, 0.6) is 0 Å². The van der Waals surface area contributed by atoms with Crippen LogP contribution in [0.3, 0.4) is 0 Å². The third kappa shape index (κ3) is 3.25. The van der Waals surface area contributed by atoms with Gasteiger partial charge in [-0.1, -0.05) is 36.6 Å². The summed E-state index contributed by atoms with van der Waals surface area (Å²) in [6, 6.07) is 7.15. The molecule has 0 aliphatic rings.